The number of benzene rings is 1. The van der Waals surface area contributed by atoms with Crippen LogP contribution >= 0.6 is 0 Å². The number of alkyl carbamates (subject to hydrolysis) is 1. The van der Waals surface area contributed by atoms with Gasteiger partial charge in [-0.1, -0.05) is 30.3 Å². The number of aliphatic hydroxyl groups excluding tert-OH is 16. The Labute approximate surface area is 434 Å². The third kappa shape index (κ3) is 16.8. The maximum Gasteiger partial charge on any atom is 0.408 e. The highest BCUT2D eigenvalue weighted by Gasteiger charge is 2.48. The molecule has 436 valence electrons. The van der Waals surface area contributed by atoms with Gasteiger partial charge in [0.05, 0.1) is 52.9 Å². The van der Waals surface area contributed by atoms with Gasteiger partial charge < -0.3 is 139 Å². The third-order valence-electron chi connectivity index (χ3n) is 13.1. The third-order valence-corrected chi connectivity index (χ3v) is 13.1. The van der Waals surface area contributed by atoms with E-state index in [4.69, 9.17) is 42.6 Å². The molecule has 0 aliphatic carbocycles. The SMILES string of the molecule is O=C(NCc1ccccc1)O[C@@H](CCC(=O)N(CCO[C@H]1O[C@H](CO)[C@@H](O)[C@H](O)[C@@H]1O)CCO[C@H]1O[C@H](CO)[C@@H](O)[C@H](O)[C@@H]1O)C(=O)N(CCO[C@H]1O[C@H](CO)[C@@H](O)[C@H](O)[C@@H]1O)CCO[C@H]1O[C@H](CO)[C@@H](O)[C@H](O)[C@@H]1O. The summed E-state index contributed by atoms with van der Waals surface area (Å²) in [5, 5.41) is 165. The monoisotopic (exact) mass is 1100 g/mol. The Morgan fingerprint density at radius 1 is 0.474 bits per heavy atom. The van der Waals surface area contributed by atoms with Crippen molar-refractivity contribution in [2.45, 2.75) is 148 Å². The van der Waals surface area contributed by atoms with E-state index in [2.05, 4.69) is 5.32 Å². The molecule has 4 aliphatic rings. The van der Waals surface area contributed by atoms with E-state index >= 15 is 0 Å². The van der Waals surface area contributed by atoms with Gasteiger partial charge in [0.25, 0.3) is 5.91 Å². The minimum Gasteiger partial charge on any atom is -0.436 e. The normalized spacial score (nSPS) is 36.3. The number of ether oxygens (including phenoxy) is 9. The lowest BCUT2D eigenvalue weighted by Crippen LogP contribution is -2.59. The van der Waals surface area contributed by atoms with Crippen molar-refractivity contribution >= 4 is 17.9 Å². The first-order valence-corrected chi connectivity index (χ1v) is 24.5. The summed E-state index contributed by atoms with van der Waals surface area (Å²) in [6.45, 7) is -6.89. The number of carbonyl (C=O) groups excluding carboxylic acids is 3. The Morgan fingerprint density at radius 3 is 1.13 bits per heavy atom. The molecular formula is C45H73N3O28. The summed E-state index contributed by atoms with van der Waals surface area (Å²) in [5.41, 5.74) is 0.627. The molecule has 21 atom stereocenters. The number of hydrogen-bond acceptors (Lipinski definition) is 28. The average Bonchev–Trinajstić information content (AvgIpc) is 3.42. The molecule has 0 saturated carbocycles. The first-order chi connectivity index (χ1) is 36.3. The molecule has 31 heteroatoms. The molecule has 5 rings (SSSR count). The Bertz CT molecular complexity index is 1790. The van der Waals surface area contributed by atoms with Crippen molar-refractivity contribution in [1.29, 1.82) is 0 Å². The molecule has 0 unspecified atom stereocenters. The second-order valence-corrected chi connectivity index (χ2v) is 18.3. The molecule has 0 aromatic heterocycles. The molecule has 4 fully saturated rings. The Balaban J connectivity index is 1.36. The molecule has 76 heavy (non-hydrogen) atoms. The maximum atomic E-state index is 14.7. The Morgan fingerprint density at radius 2 is 0.803 bits per heavy atom. The molecule has 0 radical (unpaired) electrons. The summed E-state index contributed by atoms with van der Waals surface area (Å²) < 4.78 is 49.6. The van der Waals surface area contributed by atoms with Crippen LogP contribution in [0.2, 0.25) is 0 Å². The van der Waals surface area contributed by atoms with Gasteiger partial charge in [-0.15, -0.1) is 0 Å². The highest BCUT2D eigenvalue weighted by molar-refractivity contribution is 5.84. The topological polar surface area (TPSA) is 476 Å². The number of carbonyl (C=O) groups is 3. The van der Waals surface area contributed by atoms with Crippen molar-refractivity contribution in [3.63, 3.8) is 0 Å². The Kier molecular flexibility index (Phi) is 25.6. The van der Waals surface area contributed by atoms with Crippen LogP contribution in [0.15, 0.2) is 30.3 Å². The zero-order valence-corrected chi connectivity index (χ0v) is 41.1. The van der Waals surface area contributed by atoms with Crippen molar-refractivity contribution in [1.82, 2.24) is 15.1 Å². The van der Waals surface area contributed by atoms with Gasteiger partial charge in [0, 0.05) is 45.6 Å². The molecule has 1 aromatic carbocycles. The molecule has 0 spiro atoms. The van der Waals surface area contributed by atoms with Crippen LogP contribution in [0.3, 0.4) is 0 Å². The van der Waals surface area contributed by atoms with Crippen LogP contribution in [0.5, 0.6) is 0 Å². The minimum absolute atomic E-state index is 0.0836. The standard InChI is InChI=1S/C45H73N3O28/c49-17-23-28(54)32(58)36(62)41(72-23)68-12-8-47(9-13-69-42-37(63)33(59)29(55)24(18-50)73-42)27(53)7-6-22(76-45(67)46-16-21-4-2-1-3-5-21)40(66)48(10-14-70-43-38(64)34(60)30(56)25(19-51)74-43)11-15-71-44-39(65)35(61)31(57)26(20-52)75-44/h1-5,22-26,28-39,41-44,49-52,54-65H,6-20H2,(H,46,67)/t22-,23+,24+,25+,26+,28+,29+,30+,31+,32-,33-,34-,35-,36-,37-,38-,39-,41-,42-,43-,44-/m0/s1. The number of aliphatic hydroxyl groups is 16. The lowest BCUT2D eigenvalue weighted by atomic mass is 9.99. The summed E-state index contributed by atoms with van der Waals surface area (Å²) >= 11 is 0. The fraction of sp³-hybridized carbons (Fsp3) is 0.800. The van der Waals surface area contributed by atoms with Gasteiger partial charge in [0.2, 0.25) is 5.91 Å². The molecule has 3 amide bonds. The summed E-state index contributed by atoms with van der Waals surface area (Å²) in [6.07, 6.45) is -37.6. The zero-order valence-electron chi connectivity index (χ0n) is 41.1. The van der Waals surface area contributed by atoms with Crippen molar-refractivity contribution < 1.29 is 139 Å². The van der Waals surface area contributed by atoms with Gasteiger partial charge in [0.1, 0.15) is 97.7 Å². The number of nitrogens with zero attached hydrogens (tertiary/aromatic N) is 2. The highest BCUT2D eigenvalue weighted by Crippen LogP contribution is 2.26. The van der Waals surface area contributed by atoms with Crippen molar-refractivity contribution in [3.8, 4) is 0 Å². The summed E-state index contributed by atoms with van der Waals surface area (Å²) in [7, 11) is 0. The van der Waals surface area contributed by atoms with Crippen LogP contribution in [-0.2, 0) is 58.8 Å². The van der Waals surface area contributed by atoms with E-state index in [-0.39, 0.29) is 19.6 Å². The minimum atomic E-state index is -1.85. The van der Waals surface area contributed by atoms with Gasteiger partial charge >= 0.3 is 6.09 Å². The van der Waals surface area contributed by atoms with Crippen molar-refractivity contribution in [3.05, 3.63) is 35.9 Å². The van der Waals surface area contributed by atoms with E-state index in [1.165, 1.54) is 0 Å². The van der Waals surface area contributed by atoms with Crippen LogP contribution in [-0.4, -0.2) is 317 Å². The fourth-order valence-electron chi connectivity index (χ4n) is 8.42. The van der Waals surface area contributed by atoms with Crippen LogP contribution in [0.25, 0.3) is 0 Å². The second kappa shape index (κ2) is 30.7. The van der Waals surface area contributed by atoms with E-state index in [0.29, 0.717) is 5.56 Å². The molecule has 1 aromatic rings. The lowest BCUT2D eigenvalue weighted by Gasteiger charge is -2.40. The van der Waals surface area contributed by atoms with Crippen molar-refractivity contribution in [2.75, 3.05) is 79.0 Å². The number of rotatable bonds is 27. The molecule has 4 aliphatic heterocycles. The van der Waals surface area contributed by atoms with Crippen LogP contribution < -0.4 is 5.32 Å². The lowest BCUT2D eigenvalue weighted by molar-refractivity contribution is -0.303. The molecular weight excluding hydrogens is 1030 g/mol. The number of amides is 3. The Hall–Kier alpha value is -3.53. The van der Waals surface area contributed by atoms with Gasteiger partial charge in [-0.25, -0.2) is 4.79 Å². The van der Waals surface area contributed by atoms with E-state index < -0.39 is 226 Å². The fourth-order valence-corrected chi connectivity index (χ4v) is 8.42. The zero-order chi connectivity index (χ0) is 55.8. The van der Waals surface area contributed by atoms with Gasteiger partial charge in [0.15, 0.2) is 31.3 Å². The van der Waals surface area contributed by atoms with Crippen LogP contribution in [0, 0.1) is 0 Å². The number of nitrogens with one attached hydrogen (secondary N) is 1. The van der Waals surface area contributed by atoms with Gasteiger partial charge in [-0.05, 0) is 5.56 Å². The second-order valence-electron chi connectivity index (χ2n) is 18.3. The van der Waals surface area contributed by atoms with Gasteiger partial charge in [-0.2, -0.15) is 0 Å². The predicted octanol–water partition coefficient (Wildman–Crippen LogP) is -10.0. The maximum absolute atomic E-state index is 14.7. The summed E-state index contributed by atoms with van der Waals surface area (Å²) in [6, 6.07) is 8.51. The number of hydrogen-bond donors (Lipinski definition) is 17. The average molecular weight is 1100 g/mol. The first-order valence-electron chi connectivity index (χ1n) is 24.5. The molecule has 4 saturated heterocycles. The first kappa shape index (κ1) is 63.3. The molecule has 31 nitrogen and oxygen atoms in total. The predicted molar refractivity (Wildman–Crippen MR) is 245 cm³/mol. The largest absolute Gasteiger partial charge is 0.436 e. The van der Waals surface area contributed by atoms with E-state index in [1.807, 2.05) is 0 Å². The molecule has 4 heterocycles. The summed E-state index contributed by atoms with van der Waals surface area (Å²) in [4.78, 5) is 44.4. The smallest absolute Gasteiger partial charge is 0.408 e. The van der Waals surface area contributed by atoms with E-state index in [1.54, 1.807) is 30.3 Å². The molecule has 17 N–H and O–H groups in total. The van der Waals surface area contributed by atoms with Crippen LogP contribution in [0.4, 0.5) is 4.79 Å². The quantitative estimate of drug-likeness (QED) is 0.0389. The highest BCUT2D eigenvalue weighted by atomic mass is 16.7. The molecule has 0 bridgehead atoms. The van der Waals surface area contributed by atoms with Crippen molar-refractivity contribution in [2.24, 2.45) is 0 Å². The van der Waals surface area contributed by atoms with E-state index in [9.17, 15) is 96.1 Å². The summed E-state index contributed by atoms with van der Waals surface area (Å²) in [5.74, 6) is -1.80. The van der Waals surface area contributed by atoms with Crippen LogP contribution in [0.1, 0.15) is 18.4 Å². The van der Waals surface area contributed by atoms with Gasteiger partial charge in [-0.3, -0.25) is 9.59 Å². The van der Waals surface area contributed by atoms with E-state index in [0.717, 1.165) is 9.80 Å².